The highest BCUT2D eigenvalue weighted by Gasteiger charge is 2.57. The van der Waals surface area contributed by atoms with Crippen LogP contribution in [0.2, 0.25) is 0 Å². The number of nitrogens with one attached hydrogen (secondary N) is 2. The zero-order valence-corrected chi connectivity index (χ0v) is 16.4. The van der Waals surface area contributed by atoms with Crippen molar-refractivity contribution in [3.8, 4) is 5.75 Å². The van der Waals surface area contributed by atoms with E-state index in [0.29, 0.717) is 0 Å². The van der Waals surface area contributed by atoms with Gasteiger partial charge in [-0.1, -0.05) is 0 Å². The molecule has 1 spiro atoms. The molecular weight excluding hydrogens is 352 g/mol. The van der Waals surface area contributed by atoms with Gasteiger partial charge in [-0.2, -0.15) is 0 Å². The molecule has 2 heterocycles. The number of carbonyl (C=O) groups excluding carboxylic acids is 1. The summed E-state index contributed by atoms with van der Waals surface area (Å²) in [4.78, 5) is 12.7. The Labute approximate surface area is 160 Å². The number of rotatable bonds is 4. The van der Waals surface area contributed by atoms with Crippen LogP contribution < -0.4 is 15.4 Å². The molecular formula is C20H27ClN2O3. The molecule has 0 radical (unpaired) electrons. The van der Waals surface area contributed by atoms with Gasteiger partial charge in [-0.25, -0.2) is 0 Å². The number of fused-ring (bicyclic) bond motifs is 1. The van der Waals surface area contributed by atoms with Crippen molar-refractivity contribution < 1.29 is 13.9 Å². The highest BCUT2D eigenvalue weighted by atomic mass is 35.5. The quantitative estimate of drug-likeness (QED) is 0.850. The van der Waals surface area contributed by atoms with Gasteiger partial charge in [0.15, 0.2) is 0 Å². The van der Waals surface area contributed by atoms with Gasteiger partial charge in [0.1, 0.15) is 17.1 Å². The summed E-state index contributed by atoms with van der Waals surface area (Å²) < 4.78 is 11.3. The van der Waals surface area contributed by atoms with E-state index in [-0.39, 0.29) is 35.7 Å². The van der Waals surface area contributed by atoms with E-state index in [0.717, 1.165) is 60.4 Å². The average molecular weight is 379 g/mol. The summed E-state index contributed by atoms with van der Waals surface area (Å²) in [5, 5.41) is 7.60. The number of ether oxygens (including phenoxy) is 1. The second-order valence-electron chi connectivity index (χ2n) is 7.55. The highest BCUT2D eigenvalue weighted by molar-refractivity contribution is 5.86. The maximum atomic E-state index is 12.7. The first kappa shape index (κ1) is 19.1. The summed E-state index contributed by atoms with van der Waals surface area (Å²) >= 11 is 0. The minimum absolute atomic E-state index is 0. The molecule has 5 nitrogen and oxygen atoms in total. The van der Waals surface area contributed by atoms with Gasteiger partial charge in [0.25, 0.3) is 0 Å². The topological polar surface area (TPSA) is 63.5 Å². The molecule has 1 aromatic heterocycles. The van der Waals surface area contributed by atoms with E-state index in [4.69, 9.17) is 9.15 Å². The van der Waals surface area contributed by atoms with Crippen LogP contribution in [0.5, 0.6) is 5.75 Å². The minimum Gasteiger partial charge on any atom is -0.497 e. The Bertz CT molecular complexity index is 811. The number of methoxy groups -OCH3 is 1. The Morgan fingerprint density at radius 2 is 2.12 bits per heavy atom. The third kappa shape index (κ3) is 3.19. The van der Waals surface area contributed by atoms with Gasteiger partial charge in [0.2, 0.25) is 5.91 Å². The Balaban J connectivity index is 0.00000196. The summed E-state index contributed by atoms with van der Waals surface area (Å²) in [6, 6.07) is 5.66. The molecule has 2 aliphatic rings. The summed E-state index contributed by atoms with van der Waals surface area (Å²) in [6.07, 6.45) is 3.26. The minimum atomic E-state index is -0.134. The van der Waals surface area contributed by atoms with Gasteiger partial charge in [-0.3, -0.25) is 4.79 Å². The second kappa shape index (κ2) is 7.12. The number of benzene rings is 1. The van der Waals surface area contributed by atoms with Crippen LogP contribution in [0.1, 0.15) is 43.6 Å². The molecule has 6 heteroatoms. The van der Waals surface area contributed by atoms with E-state index < -0.39 is 0 Å². The summed E-state index contributed by atoms with van der Waals surface area (Å²) in [5.41, 5.74) is 2.15. The molecule has 1 aliphatic heterocycles. The fourth-order valence-electron chi connectivity index (χ4n) is 4.33. The second-order valence-corrected chi connectivity index (χ2v) is 7.55. The summed E-state index contributed by atoms with van der Waals surface area (Å²) in [7, 11) is 1.66. The molecule has 26 heavy (non-hydrogen) atoms. The van der Waals surface area contributed by atoms with Crippen molar-refractivity contribution in [2.45, 2.75) is 39.2 Å². The summed E-state index contributed by atoms with van der Waals surface area (Å²) in [6.45, 7) is 6.10. The van der Waals surface area contributed by atoms with E-state index >= 15 is 0 Å². The van der Waals surface area contributed by atoms with Gasteiger partial charge in [0.05, 0.1) is 13.2 Å². The van der Waals surface area contributed by atoms with E-state index in [1.54, 1.807) is 7.11 Å². The zero-order chi connectivity index (χ0) is 17.6. The third-order valence-electron chi connectivity index (χ3n) is 6.04. The van der Waals surface area contributed by atoms with Crippen LogP contribution in [0, 0.1) is 18.3 Å². The normalized spacial score (nSPS) is 21.9. The SMILES string of the molecule is COc1ccc2oc(C(C)NC(=O)C3CC34CCNCC4)c(C)c2c1.Cl. The van der Waals surface area contributed by atoms with Crippen molar-refractivity contribution in [3.63, 3.8) is 0 Å². The van der Waals surface area contributed by atoms with Crippen LogP contribution in [0.3, 0.4) is 0 Å². The molecule has 0 bridgehead atoms. The number of hydrogen-bond acceptors (Lipinski definition) is 4. The van der Waals surface area contributed by atoms with Gasteiger partial charge >= 0.3 is 0 Å². The Morgan fingerprint density at radius 3 is 2.81 bits per heavy atom. The monoisotopic (exact) mass is 378 g/mol. The molecule has 1 saturated heterocycles. The Hall–Kier alpha value is -1.72. The van der Waals surface area contributed by atoms with Crippen molar-refractivity contribution in [2.24, 2.45) is 11.3 Å². The molecule has 1 amide bonds. The van der Waals surface area contributed by atoms with E-state index in [2.05, 4.69) is 10.6 Å². The number of hydrogen-bond donors (Lipinski definition) is 2. The lowest BCUT2D eigenvalue weighted by Crippen LogP contribution is -2.34. The fraction of sp³-hybridized carbons (Fsp3) is 0.550. The molecule has 1 aromatic carbocycles. The zero-order valence-electron chi connectivity index (χ0n) is 15.6. The lowest BCUT2D eigenvalue weighted by molar-refractivity contribution is -0.124. The lowest BCUT2D eigenvalue weighted by atomic mass is 9.91. The first-order valence-electron chi connectivity index (χ1n) is 9.12. The van der Waals surface area contributed by atoms with E-state index in [1.165, 1.54) is 0 Å². The van der Waals surface area contributed by atoms with Crippen molar-refractivity contribution in [1.29, 1.82) is 0 Å². The van der Waals surface area contributed by atoms with Crippen LogP contribution in [-0.2, 0) is 4.79 Å². The summed E-state index contributed by atoms with van der Waals surface area (Å²) in [5.74, 6) is 1.98. The van der Waals surface area contributed by atoms with E-state index in [9.17, 15) is 4.79 Å². The fourth-order valence-corrected chi connectivity index (χ4v) is 4.33. The van der Waals surface area contributed by atoms with Gasteiger partial charge in [-0.15, -0.1) is 12.4 Å². The number of piperidine rings is 1. The van der Waals surface area contributed by atoms with Gasteiger partial charge in [-0.05, 0) is 69.8 Å². The number of carbonyl (C=O) groups is 1. The largest absolute Gasteiger partial charge is 0.497 e. The van der Waals surface area contributed by atoms with Crippen molar-refractivity contribution in [2.75, 3.05) is 20.2 Å². The molecule has 4 rings (SSSR count). The first-order chi connectivity index (χ1) is 12.0. The molecule has 2 aromatic rings. The molecule has 2 atom stereocenters. The molecule has 2 unspecified atom stereocenters. The van der Waals surface area contributed by atoms with Crippen LogP contribution >= 0.6 is 12.4 Å². The highest BCUT2D eigenvalue weighted by Crippen LogP contribution is 2.58. The Morgan fingerprint density at radius 1 is 1.38 bits per heavy atom. The average Bonchev–Trinajstić information content (AvgIpc) is 3.21. The molecule has 2 N–H and O–H groups in total. The standard InChI is InChI=1S/C20H26N2O3.ClH/c1-12-15-10-14(24-3)4-5-17(15)25-18(12)13(2)22-19(23)16-11-20(16)6-8-21-9-7-20;/h4-5,10,13,16,21H,6-9,11H2,1-3H3,(H,22,23);1H. The number of halogens is 1. The first-order valence-corrected chi connectivity index (χ1v) is 9.12. The smallest absolute Gasteiger partial charge is 0.224 e. The molecule has 142 valence electrons. The van der Waals surface area contributed by atoms with Gasteiger partial charge in [0, 0.05) is 16.9 Å². The van der Waals surface area contributed by atoms with Crippen molar-refractivity contribution in [1.82, 2.24) is 10.6 Å². The molecule has 2 fully saturated rings. The predicted molar refractivity (Wildman–Crippen MR) is 104 cm³/mol. The molecule has 1 saturated carbocycles. The maximum absolute atomic E-state index is 12.7. The predicted octanol–water partition coefficient (Wildman–Crippen LogP) is 3.74. The van der Waals surface area contributed by atoms with Crippen molar-refractivity contribution in [3.05, 3.63) is 29.5 Å². The van der Waals surface area contributed by atoms with E-state index in [1.807, 2.05) is 32.0 Å². The van der Waals surface area contributed by atoms with Crippen LogP contribution in [0.4, 0.5) is 0 Å². The number of amides is 1. The maximum Gasteiger partial charge on any atom is 0.224 e. The number of furan rings is 1. The molecule has 1 aliphatic carbocycles. The third-order valence-corrected chi connectivity index (χ3v) is 6.04. The lowest BCUT2D eigenvalue weighted by Gasteiger charge is -2.23. The van der Waals surface area contributed by atoms with Crippen LogP contribution in [0.25, 0.3) is 11.0 Å². The van der Waals surface area contributed by atoms with Crippen LogP contribution in [-0.4, -0.2) is 26.1 Å². The van der Waals surface area contributed by atoms with Crippen molar-refractivity contribution >= 4 is 29.3 Å². The van der Waals surface area contributed by atoms with Gasteiger partial charge < -0.3 is 19.8 Å². The number of aryl methyl sites for hydroxylation is 1. The van der Waals surface area contributed by atoms with Crippen LogP contribution in [0.15, 0.2) is 22.6 Å². The Kier molecular flexibility index (Phi) is 5.22.